The number of hydrogen-bond acceptors (Lipinski definition) is 6. The zero-order valence-electron chi connectivity index (χ0n) is 27.0. The number of amides is 3. The molecule has 0 aliphatic carbocycles. The maximum absolute atomic E-state index is 14.1. The van der Waals surface area contributed by atoms with Gasteiger partial charge >= 0.3 is 6.03 Å². The van der Waals surface area contributed by atoms with Crippen molar-refractivity contribution in [2.75, 3.05) is 19.6 Å². The highest BCUT2D eigenvalue weighted by Crippen LogP contribution is 2.46. The number of Topliss-reactive ketones (excluding diaryl/α,β-unsaturated/α-hetero) is 1. The molecule has 0 spiro atoms. The van der Waals surface area contributed by atoms with Gasteiger partial charge in [0.15, 0.2) is 5.78 Å². The van der Waals surface area contributed by atoms with Gasteiger partial charge in [-0.3, -0.25) is 24.5 Å². The molecule has 4 aromatic rings. The van der Waals surface area contributed by atoms with Gasteiger partial charge in [0.05, 0.1) is 18.1 Å². The number of pyridine rings is 1. The third kappa shape index (κ3) is 5.65. The van der Waals surface area contributed by atoms with Gasteiger partial charge in [0.1, 0.15) is 11.7 Å². The Kier molecular flexibility index (Phi) is 8.88. The van der Waals surface area contributed by atoms with Crippen molar-refractivity contribution in [1.29, 1.82) is 0 Å². The first kappa shape index (κ1) is 31.4. The Morgan fingerprint density at radius 1 is 1.00 bits per heavy atom. The number of aromatic nitrogens is 1. The van der Waals surface area contributed by atoms with Crippen molar-refractivity contribution in [1.82, 2.24) is 30.1 Å². The lowest BCUT2D eigenvalue weighted by Crippen LogP contribution is -2.70. The van der Waals surface area contributed by atoms with E-state index in [9.17, 15) is 14.4 Å². The first-order valence-corrected chi connectivity index (χ1v) is 16.0. The fourth-order valence-electron chi connectivity index (χ4n) is 7.10. The first-order valence-electron chi connectivity index (χ1n) is 16.0. The van der Waals surface area contributed by atoms with Crippen molar-refractivity contribution in [3.8, 4) is 0 Å². The van der Waals surface area contributed by atoms with Crippen LogP contribution in [0.1, 0.15) is 55.5 Å². The Labute approximate surface area is 270 Å². The molecule has 3 heterocycles. The maximum atomic E-state index is 14.1. The molecule has 2 fully saturated rings. The van der Waals surface area contributed by atoms with Crippen molar-refractivity contribution in [3.63, 3.8) is 0 Å². The summed E-state index contributed by atoms with van der Waals surface area (Å²) in [4.78, 5) is 50.6. The predicted octanol–water partition coefficient (Wildman–Crippen LogP) is 5.45. The lowest BCUT2D eigenvalue weighted by Gasteiger charge is -2.56. The van der Waals surface area contributed by atoms with Crippen LogP contribution in [0.2, 0.25) is 0 Å². The molecule has 9 nitrogen and oxygen atoms in total. The van der Waals surface area contributed by atoms with Crippen LogP contribution in [0.4, 0.5) is 4.79 Å². The second-order valence-corrected chi connectivity index (χ2v) is 12.5. The van der Waals surface area contributed by atoms with E-state index in [2.05, 4.69) is 29.3 Å². The summed E-state index contributed by atoms with van der Waals surface area (Å²) >= 11 is 0. The second-order valence-electron chi connectivity index (χ2n) is 12.5. The topological polar surface area (TPSA) is 89.1 Å². The van der Waals surface area contributed by atoms with Crippen molar-refractivity contribution >= 4 is 28.6 Å². The van der Waals surface area contributed by atoms with Crippen LogP contribution in [-0.2, 0) is 22.7 Å². The number of hydrazine groups is 1. The lowest BCUT2D eigenvalue weighted by atomic mass is 9.78. The Balaban J connectivity index is 1.42. The van der Waals surface area contributed by atoms with Crippen LogP contribution in [0.15, 0.2) is 91.1 Å². The van der Waals surface area contributed by atoms with Crippen molar-refractivity contribution < 1.29 is 14.4 Å². The van der Waals surface area contributed by atoms with E-state index in [0.29, 0.717) is 32.6 Å². The van der Waals surface area contributed by atoms with Crippen LogP contribution in [0.3, 0.4) is 0 Å². The smallest absolute Gasteiger partial charge is 0.332 e. The Morgan fingerprint density at radius 2 is 1.72 bits per heavy atom. The minimum Gasteiger partial charge on any atom is -0.333 e. The minimum absolute atomic E-state index is 0.0251. The average molecular weight is 619 g/mol. The highest BCUT2D eigenvalue weighted by atomic mass is 16.2. The van der Waals surface area contributed by atoms with E-state index < -0.39 is 17.7 Å². The van der Waals surface area contributed by atoms with Crippen molar-refractivity contribution in [3.05, 3.63) is 113 Å². The summed E-state index contributed by atoms with van der Waals surface area (Å²) in [6, 6.07) is 26.9. The molecule has 2 aliphatic heterocycles. The number of carbonyl (C=O) groups excluding carboxylic acids is 3. The molecule has 3 atom stereocenters. The molecular weight excluding hydrogens is 576 g/mol. The number of nitrogens with zero attached hydrogens (tertiary/aromatic N) is 5. The SMILES string of the molecule is CCCN(C(=O)NCc1ccccc1)N1CC(=O)N2[C@@H](c3ccccc3)C(C)(C(C)=O)N(Cc3c(C)ccc4cccnc34)C[C@@H]21. The van der Waals surface area contributed by atoms with Crippen LogP contribution in [-0.4, -0.2) is 73.9 Å². The van der Waals surface area contributed by atoms with E-state index >= 15 is 0 Å². The van der Waals surface area contributed by atoms with E-state index in [1.807, 2.05) is 96.6 Å². The Bertz CT molecular complexity index is 1730. The fraction of sp³-hybridized carbons (Fsp3) is 0.351. The number of nitrogens with one attached hydrogen (secondary N) is 1. The standard InChI is InChI=1S/C37H42N6O3/c1-5-21-41(36(46)39-22-28-13-8-6-9-14-28)42-25-33(45)43-32(42)24-40(23-31-26(2)18-19-29-17-12-20-38-34(29)31)37(4,27(3)44)35(43)30-15-10-7-11-16-30/h6-20,32,35H,5,21-25H2,1-4H3,(H,39,46)/t32-,35+,37?/m1/s1. The molecule has 3 amide bonds. The number of fused-ring (bicyclic) bond motifs is 2. The number of aryl methyl sites for hydroxylation is 1. The Hall–Kier alpha value is -4.60. The van der Waals surface area contributed by atoms with Gasteiger partial charge in [-0.25, -0.2) is 4.79 Å². The molecule has 0 saturated carbocycles. The first-order chi connectivity index (χ1) is 22.2. The van der Waals surface area contributed by atoms with Gasteiger partial charge < -0.3 is 10.2 Å². The van der Waals surface area contributed by atoms with Gasteiger partial charge in [0.25, 0.3) is 0 Å². The molecular formula is C37H42N6O3. The van der Waals surface area contributed by atoms with Crippen LogP contribution in [0.25, 0.3) is 10.9 Å². The monoisotopic (exact) mass is 618 g/mol. The van der Waals surface area contributed by atoms with E-state index in [1.165, 1.54) is 0 Å². The molecule has 1 N–H and O–H groups in total. The molecule has 1 unspecified atom stereocenters. The number of carbonyl (C=O) groups is 3. The third-order valence-corrected chi connectivity index (χ3v) is 9.66. The van der Waals surface area contributed by atoms with Gasteiger partial charge in [0, 0.05) is 37.8 Å². The molecule has 3 aromatic carbocycles. The molecule has 238 valence electrons. The maximum Gasteiger partial charge on any atom is 0.332 e. The van der Waals surface area contributed by atoms with Gasteiger partial charge in [-0.05, 0) is 55.5 Å². The summed E-state index contributed by atoms with van der Waals surface area (Å²) < 4.78 is 0. The van der Waals surface area contributed by atoms with Crippen LogP contribution in [0, 0.1) is 6.92 Å². The van der Waals surface area contributed by atoms with Gasteiger partial charge in [-0.1, -0.05) is 85.8 Å². The zero-order valence-corrected chi connectivity index (χ0v) is 27.0. The van der Waals surface area contributed by atoms with E-state index in [1.54, 1.807) is 18.1 Å². The molecule has 0 bridgehead atoms. The summed E-state index contributed by atoms with van der Waals surface area (Å²) in [7, 11) is 0. The third-order valence-electron chi connectivity index (χ3n) is 9.66. The average Bonchev–Trinajstić information content (AvgIpc) is 3.39. The number of ketones is 1. The minimum atomic E-state index is -1.04. The molecule has 2 saturated heterocycles. The largest absolute Gasteiger partial charge is 0.333 e. The van der Waals surface area contributed by atoms with Crippen molar-refractivity contribution in [2.45, 2.75) is 65.0 Å². The van der Waals surface area contributed by atoms with E-state index in [-0.39, 0.29) is 24.3 Å². The normalized spacial score (nSPS) is 21.7. The van der Waals surface area contributed by atoms with Crippen LogP contribution in [0.5, 0.6) is 0 Å². The quantitative estimate of drug-likeness (QED) is 0.268. The molecule has 1 aromatic heterocycles. The van der Waals surface area contributed by atoms with Gasteiger partial charge in [-0.15, -0.1) is 0 Å². The number of rotatable bonds is 9. The molecule has 46 heavy (non-hydrogen) atoms. The molecule has 2 aliphatic rings. The highest BCUT2D eigenvalue weighted by molar-refractivity contribution is 5.90. The number of urea groups is 1. The van der Waals surface area contributed by atoms with Crippen molar-refractivity contribution in [2.24, 2.45) is 0 Å². The lowest BCUT2D eigenvalue weighted by molar-refractivity contribution is -0.162. The predicted molar refractivity (Wildman–Crippen MR) is 178 cm³/mol. The van der Waals surface area contributed by atoms with E-state index in [0.717, 1.165) is 33.2 Å². The zero-order chi connectivity index (χ0) is 32.4. The van der Waals surface area contributed by atoms with Crippen LogP contribution < -0.4 is 5.32 Å². The Morgan fingerprint density at radius 3 is 2.41 bits per heavy atom. The number of piperazine rings is 1. The summed E-state index contributed by atoms with van der Waals surface area (Å²) in [5.41, 5.74) is 3.87. The molecule has 9 heteroatoms. The number of hydrogen-bond donors (Lipinski definition) is 1. The summed E-state index contributed by atoms with van der Waals surface area (Å²) in [6.45, 7) is 9.39. The molecule has 0 radical (unpaired) electrons. The summed E-state index contributed by atoms with van der Waals surface area (Å²) in [6.07, 6.45) is 2.05. The summed E-state index contributed by atoms with van der Waals surface area (Å²) in [5.74, 6) is -0.131. The highest BCUT2D eigenvalue weighted by Gasteiger charge is 2.59. The second kappa shape index (κ2) is 13.0. The molecule has 6 rings (SSSR count). The van der Waals surface area contributed by atoms with Crippen LogP contribution >= 0.6 is 0 Å². The summed E-state index contributed by atoms with van der Waals surface area (Å²) in [5, 5.41) is 7.69. The van der Waals surface area contributed by atoms with E-state index in [4.69, 9.17) is 4.98 Å². The van der Waals surface area contributed by atoms with Gasteiger partial charge in [0.2, 0.25) is 5.91 Å². The fourth-order valence-corrected chi connectivity index (χ4v) is 7.10. The number of benzene rings is 3. The van der Waals surface area contributed by atoms with Gasteiger partial charge in [-0.2, -0.15) is 5.01 Å².